The number of aliphatic hydroxyl groups excluding tert-OH is 1. The van der Waals surface area contributed by atoms with Crippen LogP contribution in [0.1, 0.15) is 19.4 Å². The van der Waals surface area contributed by atoms with Crippen molar-refractivity contribution in [3.05, 3.63) is 29.6 Å². The van der Waals surface area contributed by atoms with Crippen LogP contribution in [0.5, 0.6) is 0 Å². The molecule has 0 saturated carbocycles. The van der Waals surface area contributed by atoms with Crippen LogP contribution in [0.3, 0.4) is 0 Å². The summed E-state index contributed by atoms with van der Waals surface area (Å²) in [7, 11) is -2.03. The number of sulfonamides is 1. The standard InChI is InChI=1S/C13H21FN2O3S/c1-10(2)16(3)7-6-15-20(18,19)13-8-11(9-17)4-5-12(13)14/h4-5,8,10,15,17H,6-7,9H2,1-3H3. The van der Waals surface area contributed by atoms with Crippen molar-refractivity contribution in [2.24, 2.45) is 0 Å². The lowest BCUT2D eigenvalue weighted by molar-refractivity contribution is 0.278. The van der Waals surface area contributed by atoms with E-state index in [9.17, 15) is 12.8 Å². The van der Waals surface area contributed by atoms with Gasteiger partial charge in [-0.2, -0.15) is 0 Å². The second-order valence-electron chi connectivity index (χ2n) is 4.90. The first kappa shape index (κ1) is 17.0. The minimum Gasteiger partial charge on any atom is -0.392 e. The normalized spacial score (nSPS) is 12.3. The number of rotatable bonds is 7. The summed E-state index contributed by atoms with van der Waals surface area (Å²) in [6.07, 6.45) is 0. The third kappa shape index (κ3) is 4.52. The minimum atomic E-state index is -3.91. The first-order valence-corrected chi connectivity index (χ1v) is 7.85. The van der Waals surface area contributed by atoms with E-state index in [0.717, 1.165) is 12.1 Å². The Balaban J connectivity index is 2.79. The molecule has 0 aliphatic rings. The average Bonchev–Trinajstić information content (AvgIpc) is 2.38. The maximum Gasteiger partial charge on any atom is 0.243 e. The first-order valence-electron chi connectivity index (χ1n) is 6.37. The van der Waals surface area contributed by atoms with Crippen molar-refractivity contribution in [2.75, 3.05) is 20.1 Å². The van der Waals surface area contributed by atoms with Crippen LogP contribution in [-0.2, 0) is 16.6 Å². The number of nitrogens with zero attached hydrogens (tertiary/aromatic N) is 1. The molecule has 7 heteroatoms. The molecule has 114 valence electrons. The summed E-state index contributed by atoms with van der Waals surface area (Å²) in [6.45, 7) is 4.38. The molecule has 1 aromatic carbocycles. The molecule has 0 saturated heterocycles. The van der Waals surface area contributed by atoms with E-state index in [1.807, 2.05) is 25.8 Å². The fourth-order valence-electron chi connectivity index (χ4n) is 1.54. The Morgan fingerprint density at radius 1 is 1.40 bits per heavy atom. The van der Waals surface area contributed by atoms with Gasteiger partial charge < -0.3 is 10.0 Å². The van der Waals surface area contributed by atoms with E-state index in [2.05, 4.69) is 4.72 Å². The van der Waals surface area contributed by atoms with E-state index in [4.69, 9.17) is 5.11 Å². The van der Waals surface area contributed by atoms with Gasteiger partial charge in [-0.05, 0) is 38.6 Å². The quantitative estimate of drug-likeness (QED) is 0.786. The van der Waals surface area contributed by atoms with Crippen LogP contribution < -0.4 is 4.72 Å². The van der Waals surface area contributed by atoms with Crippen LogP contribution >= 0.6 is 0 Å². The Bertz CT molecular complexity index is 547. The fraction of sp³-hybridized carbons (Fsp3) is 0.538. The van der Waals surface area contributed by atoms with Crippen molar-refractivity contribution in [3.63, 3.8) is 0 Å². The summed E-state index contributed by atoms with van der Waals surface area (Å²) in [4.78, 5) is 1.54. The number of hydrogen-bond acceptors (Lipinski definition) is 4. The topological polar surface area (TPSA) is 69.6 Å². The predicted molar refractivity (Wildman–Crippen MR) is 75.3 cm³/mol. The number of nitrogens with one attached hydrogen (secondary N) is 1. The van der Waals surface area contributed by atoms with Crippen LogP contribution in [0.25, 0.3) is 0 Å². The highest BCUT2D eigenvalue weighted by atomic mass is 32.2. The maximum atomic E-state index is 13.6. The summed E-state index contributed by atoms with van der Waals surface area (Å²) in [6, 6.07) is 3.83. The molecule has 0 bridgehead atoms. The molecule has 0 aromatic heterocycles. The molecule has 0 amide bonds. The van der Waals surface area contributed by atoms with Gasteiger partial charge in [0.25, 0.3) is 0 Å². The van der Waals surface area contributed by atoms with Gasteiger partial charge in [0.2, 0.25) is 10.0 Å². The SMILES string of the molecule is CC(C)N(C)CCNS(=O)(=O)c1cc(CO)ccc1F. The van der Waals surface area contributed by atoms with Crippen LogP contribution in [0.4, 0.5) is 4.39 Å². The molecule has 0 heterocycles. The number of halogens is 1. The number of benzene rings is 1. The number of aliphatic hydroxyl groups is 1. The van der Waals surface area contributed by atoms with Gasteiger partial charge in [0.15, 0.2) is 0 Å². The summed E-state index contributed by atoms with van der Waals surface area (Å²) in [5, 5.41) is 8.98. The highest BCUT2D eigenvalue weighted by Gasteiger charge is 2.19. The van der Waals surface area contributed by atoms with E-state index in [-0.39, 0.29) is 13.2 Å². The zero-order valence-electron chi connectivity index (χ0n) is 11.9. The van der Waals surface area contributed by atoms with Gasteiger partial charge in [-0.1, -0.05) is 6.07 Å². The van der Waals surface area contributed by atoms with Gasteiger partial charge in [0.05, 0.1) is 6.61 Å². The molecule has 0 aliphatic carbocycles. The Kier molecular flexibility index (Phi) is 6.07. The molecule has 1 rings (SSSR count). The third-order valence-corrected chi connectivity index (χ3v) is 4.58. The number of hydrogen-bond donors (Lipinski definition) is 2. The van der Waals surface area contributed by atoms with E-state index in [1.54, 1.807) is 0 Å². The lowest BCUT2D eigenvalue weighted by Crippen LogP contribution is -2.36. The molecule has 0 unspecified atom stereocenters. The molecule has 0 radical (unpaired) electrons. The van der Waals surface area contributed by atoms with Crippen LogP contribution in [0, 0.1) is 5.82 Å². The first-order chi connectivity index (χ1) is 9.27. The van der Waals surface area contributed by atoms with Gasteiger partial charge in [-0.3, -0.25) is 0 Å². The summed E-state index contributed by atoms with van der Waals surface area (Å²) < 4.78 is 40.0. The van der Waals surface area contributed by atoms with Crippen molar-refractivity contribution in [1.29, 1.82) is 0 Å². The molecule has 0 atom stereocenters. The van der Waals surface area contributed by atoms with Crippen molar-refractivity contribution in [2.45, 2.75) is 31.4 Å². The van der Waals surface area contributed by atoms with Crippen molar-refractivity contribution in [1.82, 2.24) is 9.62 Å². The summed E-state index contributed by atoms with van der Waals surface area (Å²) in [5.74, 6) is -0.827. The van der Waals surface area contributed by atoms with Crippen LogP contribution in [-0.4, -0.2) is 44.6 Å². The van der Waals surface area contributed by atoms with Gasteiger partial charge in [0, 0.05) is 19.1 Å². The summed E-state index contributed by atoms with van der Waals surface area (Å²) in [5.41, 5.74) is 0.353. The minimum absolute atomic E-state index is 0.194. The Hall–Kier alpha value is -1.02. The monoisotopic (exact) mass is 304 g/mol. The van der Waals surface area contributed by atoms with E-state index < -0.39 is 20.7 Å². The molecule has 5 nitrogen and oxygen atoms in total. The zero-order chi connectivity index (χ0) is 15.3. The lowest BCUT2D eigenvalue weighted by atomic mass is 10.2. The van der Waals surface area contributed by atoms with Gasteiger partial charge in [-0.25, -0.2) is 17.5 Å². The van der Waals surface area contributed by atoms with Crippen molar-refractivity contribution < 1.29 is 17.9 Å². The van der Waals surface area contributed by atoms with Crippen molar-refractivity contribution >= 4 is 10.0 Å². The number of likely N-dealkylation sites (N-methyl/N-ethyl adjacent to an activating group) is 1. The molecule has 20 heavy (non-hydrogen) atoms. The van der Waals surface area contributed by atoms with E-state index in [0.29, 0.717) is 18.2 Å². The highest BCUT2D eigenvalue weighted by molar-refractivity contribution is 7.89. The average molecular weight is 304 g/mol. The van der Waals surface area contributed by atoms with Gasteiger partial charge >= 0.3 is 0 Å². The second-order valence-corrected chi connectivity index (χ2v) is 6.63. The molecule has 0 fully saturated rings. The van der Waals surface area contributed by atoms with Gasteiger partial charge in [0.1, 0.15) is 10.7 Å². The fourth-order valence-corrected chi connectivity index (χ4v) is 2.69. The largest absolute Gasteiger partial charge is 0.392 e. The molecule has 0 aliphatic heterocycles. The Morgan fingerprint density at radius 2 is 2.05 bits per heavy atom. The van der Waals surface area contributed by atoms with E-state index in [1.165, 1.54) is 6.07 Å². The van der Waals surface area contributed by atoms with Gasteiger partial charge in [-0.15, -0.1) is 0 Å². The maximum absolute atomic E-state index is 13.6. The lowest BCUT2D eigenvalue weighted by Gasteiger charge is -2.20. The molecule has 1 aromatic rings. The molecular weight excluding hydrogens is 283 g/mol. The molecule has 0 spiro atoms. The Morgan fingerprint density at radius 3 is 2.60 bits per heavy atom. The summed E-state index contributed by atoms with van der Waals surface area (Å²) >= 11 is 0. The highest BCUT2D eigenvalue weighted by Crippen LogP contribution is 2.16. The predicted octanol–water partition coefficient (Wildman–Crippen LogP) is 0.936. The van der Waals surface area contributed by atoms with E-state index >= 15 is 0 Å². The van der Waals surface area contributed by atoms with Crippen LogP contribution in [0.2, 0.25) is 0 Å². The molecule has 2 N–H and O–H groups in total. The molecular formula is C13H21FN2O3S. The smallest absolute Gasteiger partial charge is 0.243 e. The third-order valence-electron chi connectivity index (χ3n) is 3.11. The van der Waals surface area contributed by atoms with Crippen LogP contribution in [0.15, 0.2) is 23.1 Å². The zero-order valence-corrected chi connectivity index (χ0v) is 12.7. The van der Waals surface area contributed by atoms with Crippen molar-refractivity contribution in [3.8, 4) is 0 Å². The Labute approximate surface area is 119 Å². The second kappa shape index (κ2) is 7.12.